The molecule has 8 heteroatoms. The predicted molar refractivity (Wildman–Crippen MR) is 108 cm³/mol. The number of amides is 1. The summed E-state index contributed by atoms with van der Waals surface area (Å²) in [6.07, 6.45) is 0. The van der Waals surface area contributed by atoms with Gasteiger partial charge in [0.15, 0.2) is 5.69 Å². The van der Waals surface area contributed by atoms with Gasteiger partial charge in [0.05, 0.1) is 16.7 Å². The third kappa shape index (κ3) is 4.06. The molecular weight excluding hydrogens is 372 g/mol. The fourth-order valence-corrected chi connectivity index (χ4v) is 2.99. The highest BCUT2D eigenvalue weighted by atomic mass is 16.6. The van der Waals surface area contributed by atoms with Gasteiger partial charge in [0.2, 0.25) is 5.43 Å². The summed E-state index contributed by atoms with van der Waals surface area (Å²) in [4.78, 5) is 37.4. The summed E-state index contributed by atoms with van der Waals surface area (Å²) in [5.41, 5.74) is 1.18. The normalized spacial score (nSPS) is 11.7. The van der Waals surface area contributed by atoms with E-state index in [0.29, 0.717) is 11.3 Å². The van der Waals surface area contributed by atoms with E-state index in [1.165, 1.54) is 23.1 Å². The number of benzene rings is 2. The fourth-order valence-electron chi connectivity index (χ4n) is 2.99. The predicted octanol–water partition coefficient (Wildman–Crippen LogP) is 3.28. The third-order valence-electron chi connectivity index (χ3n) is 4.78. The molecule has 0 bridgehead atoms. The monoisotopic (exact) mass is 392 g/mol. The van der Waals surface area contributed by atoms with E-state index in [1.807, 2.05) is 30.3 Å². The van der Waals surface area contributed by atoms with E-state index in [1.54, 1.807) is 37.7 Å². The molecule has 1 aromatic heterocycles. The highest BCUT2D eigenvalue weighted by Gasteiger charge is 2.24. The number of carbonyl (C=O) groups is 1. The molecule has 0 saturated carbocycles. The van der Waals surface area contributed by atoms with Crippen molar-refractivity contribution in [1.29, 1.82) is 0 Å². The zero-order valence-electron chi connectivity index (χ0n) is 16.3. The van der Waals surface area contributed by atoms with Crippen molar-refractivity contribution in [2.24, 2.45) is 0 Å². The summed E-state index contributed by atoms with van der Waals surface area (Å²) in [5, 5.41) is 15.3. The van der Waals surface area contributed by atoms with Gasteiger partial charge in [0, 0.05) is 30.9 Å². The zero-order valence-corrected chi connectivity index (χ0v) is 16.3. The maximum Gasteiger partial charge on any atom is 0.278 e. The molecule has 0 spiro atoms. The first-order valence-corrected chi connectivity index (χ1v) is 8.97. The molecule has 148 valence electrons. The molecule has 0 unspecified atom stereocenters. The van der Waals surface area contributed by atoms with E-state index < -0.39 is 22.3 Å². The zero-order chi connectivity index (χ0) is 21.1. The number of non-ortho nitro benzene ring substituents is 1. The van der Waals surface area contributed by atoms with Crippen LogP contribution in [0.5, 0.6) is 0 Å². The van der Waals surface area contributed by atoms with Crippen LogP contribution in [0.4, 0.5) is 5.69 Å². The maximum absolute atomic E-state index is 13.0. The number of nitrogens with zero attached hydrogens (tertiary/aromatic N) is 4. The second-order valence-electron chi connectivity index (χ2n) is 6.69. The number of nitro benzene ring substituents is 1. The molecule has 0 aliphatic heterocycles. The molecule has 3 rings (SSSR count). The second kappa shape index (κ2) is 8.05. The molecule has 0 saturated heterocycles. The Kier molecular flexibility index (Phi) is 5.54. The molecule has 1 heterocycles. The van der Waals surface area contributed by atoms with Crippen LogP contribution in [-0.4, -0.2) is 32.6 Å². The van der Waals surface area contributed by atoms with Gasteiger partial charge in [-0.2, -0.15) is 5.10 Å². The average Bonchev–Trinajstić information content (AvgIpc) is 2.73. The van der Waals surface area contributed by atoms with Crippen LogP contribution in [0.1, 0.15) is 34.7 Å². The summed E-state index contributed by atoms with van der Waals surface area (Å²) in [6, 6.07) is 16.1. The number of hydrogen-bond donors (Lipinski definition) is 0. The van der Waals surface area contributed by atoms with Crippen molar-refractivity contribution in [3.63, 3.8) is 0 Å². The van der Waals surface area contributed by atoms with Crippen LogP contribution in [0.25, 0.3) is 5.69 Å². The lowest BCUT2D eigenvalue weighted by Crippen LogP contribution is -2.35. The fraction of sp³-hybridized carbons (Fsp3) is 0.190. The quantitative estimate of drug-likeness (QED) is 0.490. The first-order chi connectivity index (χ1) is 13.8. The van der Waals surface area contributed by atoms with E-state index in [2.05, 4.69) is 5.10 Å². The SMILES string of the molecule is Cc1cc(=O)c(C(=O)N(C)[C@H](C)c2cccc([N+](=O)[O-])c2)nn1-c1ccccc1. The summed E-state index contributed by atoms with van der Waals surface area (Å²) >= 11 is 0. The highest BCUT2D eigenvalue weighted by Crippen LogP contribution is 2.23. The van der Waals surface area contributed by atoms with Gasteiger partial charge in [-0.25, -0.2) is 4.68 Å². The summed E-state index contributed by atoms with van der Waals surface area (Å²) in [5.74, 6) is -0.557. The minimum atomic E-state index is -0.557. The molecule has 3 aromatic rings. The number of para-hydroxylation sites is 1. The number of nitro groups is 1. The number of carbonyl (C=O) groups excluding carboxylic acids is 1. The standard InChI is InChI=1S/C21H20N4O4/c1-14-12-19(26)20(22-24(14)17-9-5-4-6-10-17)21(27)23(3)15(2)16-8-7-11-18(13-16)25(28)29/h4-13,15H,1-3H3/t15-/m1/s1. The Balaban J connectivity index is 1.96. The van der Waals surface area contributed by atoms with E-state index in [-0.39, 0.29) is 11.4 Å². The Bertz CT molecular complexity index is 1130. The van der Waals surface area contributed by atoms with Gasteiger partial charge in [0.25, 0.3) is 11.6 Å². The number of aromatic nitrogens is 2. The van der Waals surface area contributed by atoms with Gasteiger partial charge < -0.3 is 4.90 Å². The lowest BCUT2D eigenvalue weighted by Gasteiger charge is -2.25. The summed E-state index contributed by atoms with van der Waals surface area (Å²) < 4.78 is 1.54. The van der Waals surface area contributed by atoms with Gasteiger partial charge in [-0.3, -0.25) is 19.7 Å². The first-order valence-electron chi connectivity index (χ1n) is 8.97. The van der Waals surface area contributed by atoms with E-state index in [0.717, 1.165) is 5.69 Å². The van der Waals surface area contributed by atoms with E-state index in [9.17, 15) is 19.7 Å². The lowest BCUT2D eigenvalue weighted by molar-refractivity contribution is -0.384. The molecule has 8 nitrogen and oxygen atoms in total. The molecule has 0 aliphatic carbocycles. The Morgan fingerprint density at radius 3 is 2.48 bits per heavy atom. The van der Waals surface area contributed by atoms with Crippen LogP contribution in [0.2, 0.25) is 0 Å². The molecule has 0 aliphatic rings. The minimum Gasteiger partial charge on any atom is -0.333 e. The van der Waals surface area contributed by atoms with Crippen LogP contribution in [-0.2, 0) is 0 Å². The van der Waals surface area contributed by atoms with Crippen LogP contribution >= 0.6 is 0 Å². The van der Waals surface area contributed by atoms with Gasteiger partial charge >= 0.3 is 0 Å². The Hall–Kier alpha value is -3.81. The summed E-state index contributed by atoms with van der Waals surface area (Å²) in [7, 11) is 1.54. The van der Waals surface area contributed by atoms with Crippen molar-refractivity contribution in [2.75, 3.05) is 7.05 Å². The number of aryl methyl sites for hydroxylation is 1. The van der Waals surface area contributed by atoms with Crippen molar-refractivity contribution in [3.05, 3.63) is 98.0 Å². The van der Waals surface area contributed by atoms with Gasteiger partial charge in [-0.05, 0) is 31.5 Å². The van der Waals surface area contributed by atoms with Gasteiger partial charge in [0.1, 0.15) is 0 Å². The molecule has 1 amide bonds. The number of rotatable bonds is 5. The number of hydrogen-bond acceptors (Lipinski definition) is 5. The maximum atomic E-state index is 13.0. The molecule has 0 fully saturated rings. The largest absolute Gasteiger partial charge is 0.333 e. The summed E-state index contributed by atoms with van der Waals surface area (Å²) in [6.45, 7) is 3.48. The van der Waals surface area contributed by atoms with Crippen molar-refractivity contribution >= 4 is 11.6 Å². The second-order valence-corrected chi connectivity index (χ2v) is 6.69. The topological polar surface area (TPSA) is 98.3 Å². The Labute approximate surface area is 167 Å². The Morgan fingerprint density at radius 1 is 1.14 bits per heavy atom. The van der Waals surface area contributed by atoms with E-state index in [4.69, 9.17) is 0 Å². The highest BCUT2D eigenvalue weighted by molar-refractivity contribution is 5.92. The van der Waals surface area contributed by atoms with Crippen LogP contribution < -0.4 is 5.43 Å². The molecule has 0 N–H and O–H groups in total. The van der Waals surface area contributed by atoms with Gasteiger partial charge in [-0.1, -0.05) is 30.3 Å². The Morgan fingerprint density at radius 2 is 1.83 bits per heavy atom. The van der Waals surface area contributed by atoms with Crippen molar-refractivity contribution in [2.45, 2.75) is 19.9 Å². The molecule has 0 radical (unpaired) electrons. The minimum absolute atomic E-state index is 0.0601. The van der Waals surface area contributed by atoms with Crippen molar-refractivity contribution < 1.29 is 9.72 Å². The molecule has 29 heavy (non-hydrogen) atoms. The smallest absolute Gasteiger partial charge is 0.278 e. The van der Waals surface area contributed by atoms with Crippen molar-refractivity contribution in [3.8, 4) is 5.69 Å². The van der Waals surface area contributed by atoms with E-state index >= 15 is 0 Å². The molecule has 1 atom stereocenters. The van der Waals surface area contributed by atoms with Crippen LogP contribution in [0, 0.1) is 17.0 Å². The van der Waals surface area contributed by atoms with Crippen LogP contribution in [0.3, 0.4) is 0 Å². The molecule has 2 aromatic carbocycles. The molecular formula is C21H20N4O4. The van der Waals surface area contributed by atoms with Crippen molar-refractivity contribution in [1.82, 2.24) is 14.7 Å². The average molecular weight is 392 g/mol. The van der Waals surface area contributed by atoms with Gasteiger partial charge in [-0.15, -0.1) is 0 Å². The lowest BCUT2D eigenvalue weighted by atomic mass is 10.1. The third-order valence-corrected chi connectivity index (χ3v) is 4.78. The van der Waals surface area contributed by atoms with Crippen LogP contribution in [0.15, 0.2) is 65.5 Å². The first kappa shape index (κ1) is 19.9.